The summed E-state index contributed by atoms with van der Waals surface area (Å²) in [5, 5.41) is 3.00. The molecule has 1 fully saturated rings. The van der Waals surface area contributed by atoms with E-state index in [1.54, 1.807) is 0 Å². The van der Waals surface area contributed by atoms with E-state index in [0.717, 1.165) is 16.9 Å². The van der Waals surface area contributed by atoms with Crippen molar-refractivity contribution in [3.8, 4) is 0 Å². The second-order valence-corrected chi connectivity index (χ2v) is 7.25. The van der Waals surface area contributed by atoms with E-state index in [-0.39, 0.29) is 17.7 Å². The highest BCUT2D eigenvalue weighted by Gasteiger charge is 2.27. The molecule has 1 aliphatic heterocycles. The molecule has 1 N–H and O–H groups in total. The molecule has 0 aromatic heterocycles. The van der Waals surface area contributed by atoms with E-state index in [4.69, 9.17) is 0 Å². The van der Waals surface area contributed by atoms with Crippen molar-refractivity contribution in [3.05, 3.63) is 60.2 Å². The zero-order valence-electron chi connectivity index (χ0n) is 16.0. The number of piperidine rings is 1. The molecule has 0 unspecified atom stereocenters. The number of nitrogens with zero attached hydrogens (tertiary/aromatic N) is 2. The van der Waals surface area contributed by atoms with Gasteiger partial charge in [-0.1, -0.05) is 30.3 Å². The van der Waals surface area contributed by atoms with E-state index in [9.17, 15) is 9.59 Å². The van der Waals surface area contributed by atoms with Gasteiger partial charge in [0.25, 0.3) is 0 Å². The molecule has 5 nitrogen and oxygen atoms in total. The van der Waals surface area contributed by atoms with E-state index in [0.29, 0.717) is 32.4 Å². The Labute approximate surface area is 161 Å². The fraction of sp³-hybridized carbons (Fsp3) is 0.364. The number of anilines is 2. The molecule has 142 valence electrons. The van der Waals surface area contributed by atoms with Gasteiger partial charge >= 0.3 is 0 Å². The zero-order chi connectivity index (χ0) is 19.2. The van der Waals surface area contributed by atoms with Crippen LogP contribution in [0.25, 0.3) is 0 Å². The Hall–Kier alpha value is -2.82. The van der Waals surface area contributed by atoms with Crippen LogP contribution in [0.5, 0.6) is 0 Å². The predicted octanol–water partition coefficient (Wildman–Crippen LogP) is 3.17. The molecular weight excluding hydrogens is 338 g/mol. The Balaban J connectivity index is 1.48. The minimum atomic E-state index is -0.0423. The Morgan fingerprint density at radius 1 is 1.00 bits per heavy atom. The first kappa shape index (κ1) is 19.0. The first-order valence-corrected chi connectivity index (χ1v) is 9.43. The van der Waals surface area contributed by atoms with Crippen molar-refractivity contribution in [3.63, 3.8) is 0 Å². The van der Waals surface area contributed by atoms with Crippen molar-refractivity contribution >= 4 is 23.2 Å². The number of nitrogens with one attached hydrogen (secondary N) is 1. The van der Waals surface area contributed by atoms with Gasteiger partial charge in [-0.15, -0.1) is 0 Å². The molecule has 2 amide bonds. The van der Waals surface area contributed by atoms with Gasteiger partial charge in [0.1, 0.15) is 0 Å². The number of likely N-dealkylation sites (tertiary alicyclic amines) is 1. The lowest BCUT2D eigenvalue weighted by Crippen LogP contribution is -2.42. The highest BCUT2D eigenvalue weighted by molar-refractivity contribution is 5.93. The summed E-state index contributed by atoms with van der Waals surface area (Å²) >= 11 is 0. The lowest BCUT2D eigenvalue weighted by molar-refractivity contribution is -0.133. The van der Waals surface area contributed by atoms with E-state index in [1.165, 1.54) is 0 Å². The van der Waals surface area contributed by atoms with Crippen LogP contribution >= 0.6 is 0 Å². The third kappa shape index (κ3) is 5.09. The molecule has 0 radical (unpaired) electrons. The number of amides is 2. The van der Waals surface area contributed by atoms with Crippen molar-refractivity contribution in [2.75, 3.05) is 37.4 Å². The topological polar surface area (TPSA) is 52.7 Å². The van der Waals surface area contributed by atoms with Crippen molar-refractivity contribution in [2.24, 2.45) is 5.92 Å². The van der Waals surface area contributed by atoms with E-state index >= 15 is 0 Å². The molecular formula is C22H27N3O2. The average Bonchev–Trinajstić information content (AvgIpc) is 2.69. The molecule has 0 spiro atoms. The molecule has 1 aliphatic rings. The third-order valence-corrected chi connectivity index (χ3v) is 5.07. The van der Waals surface area contributed by atoms with Crippen LogP contribution < -0.4 is 10.2 Å². The standard InChI is InChI=1S/C22H27N3O2/c1-24(2)20-10-8-19(9-11-20)23-22(27)18-12-14-25(15-13-18)21(26)16-17-6-4-3-5-7-17/h3-11,18H,12-16H2,1-2H3,(H,23,27). The van der Waals surface area contributed by atoms with E-state index in [2.05, 4.69) is 5.32 Å². The fourth-order valence-electron chi connectivity index (χ4n) is 3.36. The van der Waals surface area contributed by atoms with Crippen molar-refractivity contribution in [1.82, 2.24) is 4.90 Å². The molecule has 2 aromatic carbocycles. The molecule has 0 atom stereocenters. The van der Waals surface area contributed by atoms with E-state index < -0.39 is 0 Å². The van der Waals surface area contributed by atoms with Gasteiger partial charge in [-0.2, -0.15) is 0 Å². The van der Waals surface area contributed by atoms with Crippen LogP contribution in [0.15, 0.2) is 54.6 Å². The molecule has 1 saturated heterocycles. The lowest BCUT2D eigenvalue weighted by atomic mass is 9.95. The lowest BCUT2D eigenvalue weighted by Gasteiger charge is -2.31. The Bertz CT molecular complexity index is 764. The predicted molar refractivity (Wildman–Crippen MR) is 109 cm³/mol. The van der Waals surface area contributed by atoms with Gasteiger partial charge in [0, 0.05) is 44.5 Å². The summed E-state index contributed by atoms with van der Waals surface area (Å²) in [5.41, 5.74) is 2.94. The van der Waals surface area contributed by atoms with E-state index in [1.807, 2.05) is 78.5 Å². The molecule has 0 bridgehead atoms. The number of hydrogen-bond acceptors (Lipinski definition) is 3. The van der Waals surface area contributed by atoms with Gasteiger partial charge in [-0.3, -0.25) is 9.59 Å². The summed E-state index contributed by atoms with van der Waals surface area (Å²) in [6.45, 7) is 1.28. The summed E-state index contributed by atoms with van der Waals surface area (Å²) in [7, 11) is 3.97. The average molecular weight is 365 g/mol. The van der Waals surface area contributed by atoms with Gasteiger partial charge < -0.3 is 15.1 Å². The quantitative estimate of drug-likeness (QED) is 0.885. The first-order valence-electron chi connectivity index (χ1n) is 9.43. The number of rotatable bonds is 5. The summed E-state index contributed by atoms with van der Waals surface area (Å²) in [6.07, 6.45) is 1.85. The van der Waals surface area contributed by atoms with Crippen LogP contribution in [0.4, 0.5) is 11.4 Å². The van der Waals surface area contributed by atoms with Crippen LogP contribution in [0.1, 0.15) is 18.4 Å². The Morgan fingerprint density at radius 2 is 1.63 bits per heavy atom. The number of benzene rings is 2. The van der Waals surface area contributed by atoms with Gasteiger partial charge in [0.2, 0.25) is 11.8 Å². The zero-order valence-corrected chi connectivity index (χ0v) is 16.0. The highest BCUT2D eigenvalue weighted by atomic mass is 16.2. The monoisotopic (exact) mass is 365 g/mol. The second kappa shape index (κ2) is 8.71. The number of carbonyl (C=O) groups is 2. The second-order valence-electron chi connectivity index (χ2n) is 7.25. The smallest absolute Gasteiger partial charge is 0.227 e. The number of hydrogen-bond donors (Lipinski definition) is 1. The normalized spacial score (nSPS) is 14.7. The van der Waals surface area contributed by atoms with Crippen molar-refractivity contribution in [2.45, 2.75) is 19.3 Å². The molecule has 27 heavy (non-hydrogen) atoms. The molecule has 1 heterocycles. The minimum absolute atomic E-state index is 0.0423. The molecule has 2 aromatic rings. The number of carbonyl (C=O) groups excluding carboxylic acids is 2. The molecule has 0 aliphatic carbocycles. The fourth-order valence-corrected chi connectivity index (χ4v) is 3.36. The summed E-state index contributed by atoms with van der Waals surface area (Å²) in [4.78, 5) is 28.9. The van der Waals surface area contributed by atoms with Crippen LogP contribution in [-0.4, -0.2) is 43.9 Å². The Morgan fingerprint density at radius 3 is 2.22 bits per heavy atom. The largest absolute Gasteiger partial charge is 0.378 e. The van der Waals surface area contributed by atoms with Crippen molar-refractivity contribution < 1.29 is 9.59 Å². The first-order chi connectivity index (χ1) is 13.0. The van der Waals surface area contributed by atoms with Crippen molar-refractivity contribution in [1.29, 1.82) is 0 Å². The van der Waals surface area contributed by atoms with Crippen LogP contribution in [0.3, 0.4) is 0 Å². The minimum Gasteiger partial charge on any atom is -0.378 e. The van der Waals surface area contributed by atoms with Gasteiger partial charge in [-0.05, 0) is 42.7 Å². The molecule has 5 heteroatoms. The van der Waals surface area contributed by atoms with Gasteiger partial charge in [0.15, 0.2) is 0 Å². The SMILES string of the molecule is CN(C)c1ccc(NC(=O)C2CCN(C(=O)Cc3ccccc3)CC2)cc1. The van der Waals surface area contributed by atoms with Crippen LogP contribution in [0, 0.1) is 5.92 Å². The van der Waals surface area contributed by atoms with Crippen LogP contribution in [-0.2, 0) is 16.0 Å². The summed E-state index contributed by atoms with van der Waals surface area (Å²) < 4.78 is 0. The van der Waals surface area contributed by atoms with Crippen LogP contribution in [0.2, 0.25) is 0 Å². The summed E-state index contributed by atoms with van der Waals surface area (Å²) in [5.74, 6) is 0.140. The third-order valence-electron chi connectivity index (χ3n) is 5.07. The maximum Gasteiger partial charge on any atom is 0.227 e. The molecule has 0 saturated carbocycles. The van der Waals surface area contributed by atoms with Gasteiger partial charge in [0.05, 0.1) is 6.42 Å². The molecule has 3 rings (SSSR count). The Kier molecular flexibility index (Phi) is 6.12. The summed E-state index contributed by atoms with van der Waals surface area (Å²) in [6, 6.07) is 17.6. The maximum absolute atomic E-state index is 12.5. The highest BCUT2D eigenvalue weighted by Crippen LogP contribution is 2.21. The van der Waals surface area contributed by atoms with Gasteiger partial charge in [-0.25, -0.2) is 0 Å². The maximum atomic E-state index is 12.5.